The molecule has 90 valence electrons. The molecule has 0 aliphatic carbocycles. The van der Waals surface area contributed by atoms with Crippen molar-refractivity contribution in [2.24, 2.45) is 11.8 Å². The van der Waals surface area contributed by atoms with E-state index < -0.39 is 0 Å². The molecule has 0 amide bonds. The van der Waals surface area contributed by atoms with E-state index in [1.54, 1.807) is 0 Å². The van der Waals surface area contributed by atoms with Gasteiger partial charge in [0, 0.05) is 13.2 Å². The molecule has 1 atom stereocenters. The van der Waals surface area contributed by atoms with Crippen LogP contribution in [0.25, 0.3) is 0 Å². The Morgan fingerprint density at radius 3 is 2.67 bits per heavy atom. The highest BCUT2D eigenvalue weighted by molar-refractivity contribution is 4.70. The first kappa shape index (κ1) is 12.9. The minimum Gasteiger partial charge on any atom is -0.396 e. The summed E-state index contributed by atoms with van der Waals surface area (Å²) in [6.45, 7) is 6.98. The maximum Gasteiger partial charge on any atom is 0.0468 e. The molecule has 3 nitrogen and oxygen atoms in total. The largest absolute Gasteiger partial charge is 0.396 e. The second kappa shape index (κ2) is 7.20. The predicted molar refractivity (Wildman–Crippen MR) is 64.0 cm³/mol. The fourth-order valence-corrected chi connectivity index (χ4v) is 2.25. The Morgan fingerprint density at radius 2 is 2.07 bits per heavy atom. The Bertz CT molecular complexity index is 158. The number of nitrogens with zero attached hydrogens (tertiary/aromatic N) is 1. The number of hydrogen-bond donors (Lipinski definition) is 2. The molecular weight excluding hydrogens is 188 g/mol. The van der Waals surface area contributed by atoms with Crippen molar-refractivity contribution in [1.82, 2.24) is 10.2 Å². The fourth-order valence-electron chi connectivity index (χ4n) is 2.25. The van der Waals surface area contributed by atoms with Gasteiger partial charge in [-0.25, -0.2) is 0 Å². The third kappa shape index (κ3) is 5.50. The Balaban J connectivity index is 2.07. The average Bonchev–Trinajstić information content (AvgIpc) is 2.27. The number of aliphatic hydroxyl groups is 1. The first-order chi connectivity index (χ1) is 7.22. The maximum atomic E-state index is 8.97. The summed E-state index contributed by atoms with van der Waals surface area (Å²) < 4.78 is 0. The van der Waals surface area contributed by atoms with Gasteiger partial charge in [0.05, 0.1) is 0 Å². The van der Waals surface area contributed by atoms with E-state index in [9.17, 15) is 0 Å². The van der Waals surface area contributed by atoms with Gasteiger partial charge < -0.3 is 15.3 Å². The lowest BCUT2D eigenvalue weighted by atomic mass is 9.94. The van der Waals surface area contributed by atoms with Crippen LogP contribution in [0, 0.1) is 11.8 Å². The monoisotopic (exact) mass is 214 g/mol. The normalized spacial score (nSPS) is 20.8. The van der Waals surface area contributed by atoms with Crippen LogP contribution >= 0.6 is 0 Å². The molecule has 1 aliphatic heterocycles. The number of hydrogen-bond acceptors (Lipinski definition) is 3. The second-order valence-electron chi connectivity index (χ2n) is 5.03. The molecule has 0 aromatic carbocycles. The zero-order valence-corrected chi connectivity index (χ0v) is 10.2. The highest BCUT2D eigenvalue weighted by atomic mass is 16.3. The Hall–Kier alpha value is -0.120. The van der Waals surface area contributed by atoms with Crippen LogP contribution in [0.4, 0.5) is 0 Å². The molecule has 1 saturated heterocycles. The summed E-state index contributed by atoms with van der Waals surface area (Å²) >= 11 is 0. The minimum absolute atomic E-state index is 0.303. The zero-order chi connectivity index (χ0) is 11.1. The SMILES string of the molecule is CC(CO)CN(C)CCC1CCNCC1. The summed E-state index contributed by atoms with van der Waals surface area (Å²) in [6.07, 6.45) is 3.99. The molecule has 0 spiro atoms. The molecule has 0 bridgehead atoms. The quantitative estimate of drug-likeness (QED) is 0.690. The van der Waals surface area contributed by atoms with Crippen molar-refractivity contribution < 1.29 is 5.11 Å². The molecule has 0 aromatic rings. The van der Waals surface area contributed by atoms with Crippen molar-refractivity contribution in [3.8, 4) is 0 Å². The van der Waals surface area contributed by atoms with Gasteiger partial charge in [0.15, 0.2) is 0 Å². The lowest BCUT2D eigenvalue weighted by Gasteiger charge is -2.26. The van der Waals surface area contributed by atoms with Crippen molar-refractivity contribution >= 4 is 0 Å². The van der Waals surface area contributed by atoms with E-state index in [2.05, 4.69) is 24.2 Å². The highest BCUT2D eigenvalue weighted by Gasteiger charge is 2.13. The van der Waals surface area contributed by atoms with Gasteiger partial charge in [0.25, 0.3) is 0 Å². The van der Waals surface area contributed by atoms with Gasteiger partial charge in [-0.05, 0) is 57.8 Å². The average molecular weight is 214 g/mol. The standard InChI is InChI=1S/C12H26N2O/c1-11(10-15)9-14(2)8-5-12-3-6-13-7-4-12/h11-13,15H,3-10H2,1-2H3. The molecule has 0 radical (unpaired) electrons. The second-order valence-corrected chi connectivity index (χ2v) is 5.03. The summed E-state index contributed by atoms with van der Waals surface area (Å²) in [5, 5.41) is 12.4. The van der Waals surface area contributed by atoms with Crippen molar-refractivity contribution in [2.75, 3.05) is 39.8 Å². The van der Waals surface area contributed by atoms with Crippen molar-refractivity contribution in [1.29, 1.82) is 0 Å². The predicted octanol–water partition coefficient (Wildman–Crippen LogP) is 0.936. The number of rotatable bonds is 6. The minimum atomic E-state index is 0.303. The summed E-state index contributed by atoms with van der Waals surface area (Å²) in [5.41, 5.74) is 0. The van der Waals surface area contributed by atoms with Crippen molar-refractivity contribution in [3.05, 3.63) is 0 Å². The van der Waals surface area contributed by atoms with Gasteiger partial charge in [-0.2, -0.15) is 0 Å². The summed E-state index contributed by atoms with van der Waals surface area (Å²) in [7, 11) is 2.16. The molecule has 1 rings (SSSR count). The Morgan fingerprint density at radius 1 is 1.40 bits per heavy atom. The first-order valence-corrected chi connectivity index (χ1v) is 6.22. The van der Waals surface area contributed by atoms with Crippen molar-refractivity contribution in [3.63, 3.8) is 0 Å². The molecule has 2 N–H and O–H groups in total. The lowest BCUT2D eigenvalue weighted by molar-refractivity contribution is 0.182. The summed E-state index contributed by atoms with van der Waals surface area (Å²) in [4.78, 5) is 2.35. The van der Waals surface area contributed by atoms with E-state index in [1.807, 2.05) is 0 Å². The third-order valence-electron chi connectivity index (χ3n) is 3.31. The van der Waals surface area contributed by atoms with Gasteiger partial charge in [-0.15, -0.1) is 0 Å². The van der Waals surface area contributed by atoms with Crippen LogP contribution in [0.5, 0.6) is 0 Å². The molecule has 15 heavy (non-hydrogen) atoms. The zero-order valence-electron chi connectivity index (χ0n) is 10.2. The van der Waals surface area contributed by atoms with Gasteiger partial charge in [0.2, 0.25) is 0 Å². The molecule has 1 aliphatic rings. The molecule has 0 aromatic heterocycles. The van der Waals surface area contributed by atoms with Crippen LogP contribution in [0.3, 0.4) is 0 Å². The van der Waals surface area contributed by atoms with Gasteiger partial charge >= 0.3 is 0 Å². The molecule has 1 fully saturated rings. The van der Waals surface area contributed by atoms with Crippen LogP contribution in [0.15, 0.2) is 0 Å². The molecule has 1 unspecified atom stereocenters. The van der Waals surface area contributed by atoms with E-state index in [1.165, 1.54) is 38.9 Å². The van der Waals surface area contributed by atoms with Crippen LogP contribution in [0.2, 0.25) is 0 Å². The van der Waals surface area contributed by atoms with E-state index in [0.717, 1.165) is 12.5 Å². The fraction of sp³-hybridized carbons (Fsp3) is 1.00. The van der Waals surface area contributed by atoms with Crippen LogP contribution < -0.4 is 5.32 Å². The molecule has 1 heterocycles. The number of aliphatic hydroxyl groups excluding tert-OH is 1. The summed E-state index contributed by atoms with van der Waals surface area (Å²) in [6, 6.07) is 0. The van der Waals surface area contributed by atoms with Crippen LogP contribution in [-0.4, -0.2) is 49.8 Å². The Labute approximate surface area is 93.9 Å². The lowest BCUT2D eigenvalue weighted by Crippen LogP contribution is -2.32. The molecular formula is C12H26N2O. The third-order valence-corrected chi connectivity index (χ3v) is 3.31. The summed E-state index contributed by atoms with van der Waals surface area (Å²) in [5.74, 6) is 1.32. The van der Waals surface area contributed by atoms with E-state index in [0.29, 0.717) is 12.5 Å². The van der Waals surface area contributed by atoms with Gasteiger partial charge in [0.1, 0.15) is 0 Å². The van der Waals surface area contributed by atoms with E-state index in [4.69, 9.17) is 5.11 Å². The maximum absolute atomic E-state index is 8.97. The molecule has 3 heteroatoms. The van der Waals surface area contributed by atoms with Crippen LogP contribution in [-0.2, 0) is 0 Å². The van der Waals surface area contributed by atoms with Gasteiger partial charge in [-0.3, -0.25) is 0 Å². The van der Waals surface area contributed by atoms with Gasteiger partial charge in [-0.1, -0.05) is 6.92 Å². The Kier molecular flexibility index (Phi) is 6.22. The smallest absolute Gasteiger partial charge is 0.0468 e. The van der Waals surface area contributed by atoms with Crippen molar-refractivity contribution in [2.45, 2.75) is 26.2 Å². The topological polar surface area (TPSA) is 35.5 Å². The van der Waals surface area contributed by atoms with Crippen LogP contribution in [0.1, 0.15) is 26.2 Å². The van der Waals surface area contributed by atoms with E-state index >= 15 is 0 Å². The van der Waals surface area contributed by atoms with E-state index in [-0.39, 0.29) is 0 Å². The number of piperidine rings is 1. The highest BCUT2D eigenvalue weighted by Crippen LogP contribution is 2.16. The molecule has 0 saturated carbocycles. The number of nitrogens with one attached hydrogen (secondary N) is 1. The first-order valence-electron chi connectivity index (χ1n) is 6.22.